The summed E-state index contributed by atoms with van der Waals surface area (Å²) in [7, 11) is 1.61. The number of aromatic nitrogens is 3. The lowest BCUT2D eigenvalue weighted by atomic mass is 10.1. The second-order valence-corrected chi connectivity index (χ2v) is 6.04. The van der Waals surface area contributed by atoms with Gasteiger partial charge in [-0.15, -0.1) is 0 Å². The van der Waals surface area contributed by atoms with Crippen molar-refractivity contribution in [3.8, 4) is 5.75 Å². The summed E-state index contributed by atoms with van der Waals surface area (Å²) in [5, 5.41) is 0.884. The van der Waals surface area contributed by atoms with Crippen molar-refractivity contribution in [2.24, 2.45) is 5.92 Å². The Kier molecular flexibility index (Phi) is 3.18. The Morgan fingerprint density at radius 3 is 3.00 bits per heavy atom. The third-order valence-electron chi connectivity index (χ3n) is 4.76. The molecule has 1 saturated carbocycles. The number of carbonyl (C=O) groups is 1. The van der Waals surface area contributed by atoms with Crippen LogP contribution >= 0.6 is 0 Å². The highest BCUT2D eigenvalue weighted by molar-refractivity contribution is 6.04. The van der Waals surface area contributed by atoms with Crippen LogP contribution in [0.5, 0.6) is 5.75 Å². The van der Waals surface area contributed by atoms with Gasteiger partial charge in [-0.2, -0.15) is 0 Å². The highest BCUT2D eigenvalue weighted by Crippen LogP contribution is 2.36. The number of nitrogens with zero attached hydrogens (tertiary/aromatic N) is 2. The van der Waals surface area contributed by atoms with E-state index in [1.807, 2.05) is 18.2 Å². The second kappa shape index (κ2) is 5.22. The van der Waals surface area contributed by atoms with Crippen LogP contribution < -0.4 is 10.4 Å². The number of hydrogen-bond donors (Lipinski definition) is 1. The van der Waals surface area contributed by atoms with Crippen molar-refractivity contribution in [3.63, 3.8) is 0 Å². The van der Waals surface area contributed by atoms with Gasteiger partial charge in [0.05, 0.1) is 24.3 Å². The van der Waals surface area contributed by atoms with Crippen LogP contribution in [0.2, 0.25) is 0 Å². The van der Waals surface area contributed by atoms with E-state index in [0.29, 0.717) is 17.7 Å². The summed E-state index contributed by atoms with van der Waals surface area (Å²) >= 11 is 0. The summed E-state index contributed by atoms with van der Waals surface area (Å²) in [6, 6.07) is 5.74. The summed E-state index contributed by atoms with van der Waals surface area (Å²) in [6.07, 6.45) is 5.06. The molecule has 0 amide bonds. The zero-order valence-electron chi connectivity index (χ0n) is 12.8. The molecule has 2 aromatic heterocycles. The van der Waals surface area contributed by atoms with Gasteiger partial charge in [0.2, 0.25) is 0 Å². The summed E-state index contributed by atoms with van der Waals surface area (Å²) in [6.45, 7) is 0. The van der Waals surface area contributed by atoms with Crippen LogP contribution in [0.15, 0.2) is 29.2 Å². The first-order chi connectivity index (χ1) is 11.2. The average molecular weight is 311 g/mol. The zero-order valence-corrected chi connectivity index (χ0v) is 12.8. The number of carbonyl (C=O) groups excluding carboxylic acids is 1. The smallest absolute Gasteiger partial charge is 0.326 e. The minimum Gasteiger partial charge on any atom is -0.494 e. The van der Waals surface area contributed by atoms with Crippen molar-refractivity contribution < 1.29 is 9.53 Å². The number of aldehydes is 1. The Morgan fingerprint density at radius 2 is 2.26 bits per heavy atom. The number of rotatable bonds is 3. The number of ether oxygens (including phenoxy) is 1. The van der Waals surface area contributed by atoms with Crippen molar-refractivity contribution >= 4 is 28.2 Å². The third kappa shape index (κ3) is 2.05. The number of pyridine rings is 1. The Morgan fingerprint density at radius 1 is 1.39 bits per heavy atom. The molecule has 118 valence electrons. The predicted molar refractivity (Wildman–Crippen MR) is 86.9 cm³/mol. The van der Waals surface area contributed by atoms with Gasteiger partial charge in [-0.25, -0.2) is 4.79 Å². The molecule has 0 spiro atoms. The largest absolute Gasteiger partial charge is 0.494 e. The van der Waals surface area contributed by atoms with Crippen molar-refractivity contribution in [3.05, 3.63) is 34.9 Å². The van der Waals surface area contributed by atoms with Crippen LogP contribution in [0.3, 0.4) is 0 Å². The lowest BCUT2D eigenvalue weighted by Gasteiger charge is -2.13. The lowest BCUT2D eigenvalue weighted by Crippen LogP contribution is -2.21. The molecule has 1 N–H and O–H groups in total. The second-order valence-electron chi connectivity index (χ2n) is 6.04. The van der Waals surface area contributed by atoms with E-state index in [1.165, 1.54) is 0 Å². The van der Waals surface area contributed by atoms with Crippen LogP contribution in [0.4, 0.5) is 0 Å². The number of para-hydroxylation sites is 1. The minimum atomic E-state index is -0.145. The summed E-state index contributed by atoms with van der Waals surface area (Å²) in [5.74, 6) is 0.723. The molecule has 2 atom stereocenters. The Hall–Kier alpha value is -2.63. The maximum atomic E-state index is 12.5. The van der Waals surface area contributed by atoms with Gasteiger partial charge >= 0.3 is 5.69 Å². The summed E-state index contributed by atoms with van der Waals surface area (Å²) in [5.41, 5.74) is 2.15. The molecule has 0 radical (unpaired) electrons. The topological polar surface area (TPSA) is 77.0 Å². The van der Waals surface area contributed by atoms with E-state index in [1.54, 1.807) is 17.9 Å². The molecule has 0 saturated heterocycles. The quantitative estimate of drug-likeness (QED) is 0.754. The number of imidazole rings is 1. The van der Waals surface area contributed by atoms with Gasteiger partial charge in [-0.1, -0.05) is 12.1 Å². The predicted octanol–water partition coefficient (Wildman–Crippen LogP) is 2.43. The standard InChI is InChI=1S/C17H17N3O3/c1-23-14-4-2-3-12-15(14)18-8-13-16(12)20(17(22)19-13)11-6-5-10(7-11)9-21/h2-4,8-11H,5-7H2,1H3,(H,19,22)/t10-,11+/m1/s1. The zero-order chi connectivity index (χ0) is 16.0. The number of nitrogens with one attached hydrogen (secondary N) is 1. The van der Waals surface area contributed by atoms with Crippen LogP contribution in [0.25, 0.3) is 21.9 Å². The van der Waals surface area contributed by atoms with Crippen LogP contribution in [0.1, 0.15) is 25.3 Å². The summed E-state index contributed by atoms with van der Waals surface area (Å²) in [4.78, 5) is 30.8. The van der Waals surface area contributed by atoms with Gasteiger partial charge in [0, 0.05) is 17.3 Å². The molecule has 2 heterocycles. The lowest BCUT2D eigenvalue weighted by molar-refractivity contribution is -0.110. The average Bonchev–Trinajstić information content (AvgIpc) is 3.17. The fraction of sp³-hybridized carbons (Fsp3) is 0.353. The van der Waals surface area contributed by atoms with Gasteiger partial charge in [0.1, 0.15) is 17.6 Å². The molecule has 3 aromatic rings. The van der Waals surface area contributed by atoms with Gasteiger partial charge < -0.3 is 14.5 Å². The molecule has 23 heavy (non-hydrogen) atoms. The van der Waals surface area contributed by atoms with Gasteiger partial charge in [0.25, 0.3) is 0 Å². The number of benzene rings is 1. The maximum absolute atomic E-state index is 12.5. The normalized spacial score (nSPS) is 21.1. The van der Waals surface area contributed by atoms with E-state index in [-0.39, 0.29) is 17.6 Å². The van der Waals surface area contributed by atoms with E-state index in [0.717, 1.165) is 35.5 Å². The van der Waals surface area contributed by atoms with Crippen molar-refractivity contribution in [2.75, 3.05) is 7.11 Å². The van der Waals surface area contributed by atoms with Crippen molar-refractivity contribution in [1.29, 1.82) is 0 Å². The van der Waals surface area contributed by atoms with E-state index >= 15 is 0 Å². The van der Waals surface area contributed by atoms with Crippen molar-refractivity contribution in [1.82, 2.24) is 14.5 Å². The van der Waals surface area contributed by atoms with Gasteiger partial charge in [-0.3, -0.25) is 9.55 Å². The Bertz CT molecular complexity index is 957. The Balaban J connectivity index is 2.00. The number of fused-ring (bicyclic) bond motifs is 3. The highest BCUT2D eigenvalue weighted by atomic mass is 16.5. The molecule has 1 aromatic carbocycles. The fourth-order valence-corrected chi connectivity index (χ4v) is 3.67. The van der Waals surface area contributed by atoms with E-state index < -0.39 is 0 Å². The van der Waals surface area contributed by atoms with E-state index in [2.05, 4.69) is 9.97 Å². The van der Waals surface area contributed by atoms with Gasteiger partial charge in [-0.05, 0) is 25.3 Å². The number of aromatic amines is 1. The highest BCUT2D eigenvalue weighted by Gasteiger charge is 2.28. The monoisotopic (exact) mass is 311 g/mol. The SMILES string of the molecule is COc1cccc2c1ncc1[nH]c(=O)n([C@H]3CC[C@@H](C=O)C3)c12. The first kappa shape index (κ1) is 14.0. The Labute approximate surface area is 132 Å². The summed E-state index contributed by atoms with van der Waals surface area (Å²) < 4.78 is 7.17. The fourth-order valence-electron chi connectivity index (χ4n) is 3.67. The van der Waals surface area contributed by atoms with Crippen LogP contribution in [-0.2, 0) is 4.79 Å². The molecule has 0 bridgehead atoms. The number of H-pyrrole nitrogens is 1. The van der Waals surface area contributed by atoms with Crippen LogP contribution in [-0.4, -0.2) is 27.9 Å². The number of methoxy groups -OCH3 is 1. The molecule has 6 nitrogen and oxygen atoms in total. The first-order valence-electron chi connectivity index (χ1n) is 7.74. The molecule has 1 aliphatic carbocycles. The maximum Gasteiger partial charge on any atom is 0.326 e. The molecular formula is C17H17N3O3. The molecule has 0 aliphatic heterocycles. The molecule has 1 aliphatic rings. The molecule has 0 unspecified atom stereocenters. The van der Waals surface area contributed by atoms with Crippen molar-refractivity contribution in [2.45, 2.75) is 25.3 Å². The van der Waals surface area contributed by atoms with E-state index in [9.17, 15) is 9.59 Å². The number of hydrogen-bond acceptors (Lipinski definition) is 4. The minimum absolute atomic E-state index is 0.0412. The van der Waals surface area contributed by atoms with E-state index in [4.69, 9.17) is 4.74 Å². The molecule has 1 fully saturated rings. The molecule has 4 rings (SSSR count). The molecule has 6 heteroatoms. The third-order valence-corrected chi connectivity index (χ3v) is 4.76. The van der Waals surface area contributed by atoms with Crippen LogP contribution in [0, 0.1) is 5.92 Å². The first-order valence-corrected chi connectivity index (χ1v) is 7.74. The molecular weight excluding hydrogens is 294 g/mol. The van der Waals surface area contributed by atoms with Gasteiger partial charge in [0.15, 0.2) is 0 Å².